The normalized spacial score (nSPS) is 11.9. The number of carbonyl (C=O) groups is 1. The monoisotopic (exact) mass is 253 g/mol. The van der Waals surface area contributed by atoms with Gasteiger partial charge in [0.05, 0.1) is 7.11 Å². The van der Waals surface area contributed by atoms with Crippen molar-refractivity contribution >= 4 is 26.8 Å². The molecule has 90 valence electrons. The summed E-state index contributed by atoms with van der Waals surface area (Å²) in [7, 11) is -2.73. The van der Waals surface area contributed by atoms with Crippen LogP contribution in [0.4, 0.5) is 0 Å². The number of Topliss-reactive ketones (excluding diaryl/α,β-unsaturated/α-hetero) is 1. The predicted molar refractivity (Wildman–Crippen MR) is 62.5 cm³/mol. The van der Waals surface area contributed by atoms with Crippen LogP contribution >= 0.6 is 0 Å². The molecular weight excluding hydrogens is 242 g/mol. The van der Waals surface area contributed by atoms with Crippen molar-refractivity contribution < 1.29 is 17.4 Å². The van der Waals surface area contributed by atoms with Gasteiger partial charge in [-0.3, -0.25) is 8.98 Å². The largest absolute Gasteiger partial charge is 0.361 e. The maximum Gasteiger partial charge on any atom is 0.297 e. The van der Waals surface area contributed by atoms with Crippen molar-refractivity contribution in [1.29, 1.82) is 0 Å². The molecule has 0 atom stereocenters. The Balaban J connectivity index is 2.85. The van der Waals surface area contributed by atoms with E-state index in [2.05, 4.69) is 9.17 Å². The van der Waals surface area contributed by atoms with Gasteiger partial charge in [-0.05, 0) is 25.1 Å². The lowest BCUT2D eigenvalue weighted by molar-refractivity contribution is 0.101. The Morgan fingerprint density at radius 1 is 1.35 bits per heavy atom. The van der Waals surface area contributed by atoms with Crippen molar-refractivity contribution in [2.75, 3.05) is 7.11 Å². The van der Waals surface area contributed by atoms with Crippen LogP contribution < -0.4 is 0 Å². The Labute approximate surface area is 98.5 Å². The number of aromatic nitrogens is 1. The fourth-order valence-corrected chi connectivity index (χ4v) is 2.53. The first-order valence-corrected chi connectivity index (χ1v) is 6.29. The quantitative estimate of drug-likeness (QED) is 0.667. The summed E-state index contributed by atoms with van der Waals surface area (Å²) >= 11 is 0. The molecule has 5 nitrogen and oxygen atoms in total. The minimum atomic E-state index is -3.82. The first kappa shape index (κ1) is 11.8. The van der Waals surface area contributed by atoms with E-state index in [0.717, 1.165) is 7.11 Å². The summed E-state index contributed by atoms with van der Waals surface area (Å²) in [4.78, 5) is 14.2. The third-order valence-corrected chi connectivity index (χ3v) is 3.84. The lowest BCUT2D eigenvalue weighted by Crippen LogP contribution is -2.05. The highest BCUT2D eigenvalue weighted by atomic mass is 32.2. The number of benzene rings is 1. The number of hydrogen-bond acceptors (Lipinski definition) is 4. The Bertz CT molecular complexity index is 685. The van der Waals surface area contributed by atoms with E-state index >= 15 is 0 Å². The van der Waals surface area contributed by atoms with E-state index in [1.807, 2.05) is 0 Å². The standard InChI is InChI=1S/C11H11NO4S/c1-7(13)8-5-10-9(3-4-12-10)11(6-8)17(14,15)16-2/h3-6,12H,1-2H3. The van der Waals surface area contributed by atoms with Gasteiger partial charge in [0.1, 0.15) is 4.90 Å². The molecule has 0 saturated heterocycles. The molecule has 0 aliphatic carbocycles. The summed E-state index contributed by atoms with van der Waals surface area (Å²) < 4.78 is 28.0. The summed E-state index contributed by atoms with van der Waals surface area (Å²) in [5.41, 5.74) is 0.920. The van der Waals surface area contributed by atoms with Gasteiger partial charge in [-0.25, -0.2) is 0 Å². The number of hydrogen-bond donors (Lipinski definition) is 1. The van der Waals surface area contributed by atoms with Crippen LogP contribution in [0.1, 0.15) is 17.3 Å². The molecule has 1 aromatic carbocycles. The highest BCUT2D eigenvalue weighted by Crippen LogP contribution is 2.25. The number of ketones is 1. The molecule has 2 aromatic rings. The van der Waals surface area contributed by atoms with Crippen molar-refractivity contribution in [3.05, 3.63) is 30.0 Å². The van der Waals surface area contributed by atoms with Crippen LogP contribution in [0.25, 0.3) is 10.9 Å². The van der Waals surface area contributed by atoms with Gasteiger partial charge in [-0.1, -0.05) is 0 Å². The fraction of sp³-hybridized carbons (Fsp3) is 0.182. The molecular formula is C11H11NO4S. The molecule has 6 heteroatoms. The van der Waals surface area contributed by atoms with Gasteiger partial charge >= 0.3 is 0 Å². The lowest BCUT2D eigenvalue weighted by atomic mass is 10.1. The molecule has 1 aromatic heterocycles. The van der Waals surface area contributed by atoms with Crippen LogP contribution in [-0.4, -0.2) is 26.3 Å². The summed E-state index contributed by atoms with van der Waals surface area (Å²) in [5, 5.41) is 0.511. The second kappa shape index (κ2) is 3.97. The second-order valence-corrected chi connectivity index (χ2v) is 5.27. The summed E-state index contributed by atoms with van der Waals surface area (Å²) in [5.74, 6) is -0.200. The molecule has 0 aliphatic heterocycles. The molecule has 17 heavy (non-hydrogen) atoms. The molecule has 0 unspecified atom stereocenters. The number of nitrogens with one attached hydrogen (secondary N) is 1. The number of H-pyrrole nitrogens is 1. The molecule has 0 saturated carbocycles. The van der Waals surface area contributed by atoms with Crippen molar-refractivity contribution in [2.45, 2.75) is 11.8 Å². The Kier molecular flexibility index (Phi) is 2.76. The van der Waals surface area contributed by atoms with Gasteiger partial charge in [0.25, 0.3) is 10.1 Å². The van der Waals surface area contributed by atoms with E-state index in [0.29, 0.717) is 16.5 Å². The molecule has 0 aliphatic rings. The minimum Gasteiger partial charge on any atom is -0.361 e. The zero-order valence-electron chi connectivity index (χ0n) is 9.35. The zero-order valence-corrected chi connectivity index (χ0v) is 10.2. The van der Waals surface area contributed by atoms with E-state index in [1.54, 1.807) is 18.3 Å². The van der Waals surface area contributed by atoms with Gasteiger partial charge in [0.2, 0.25) is 0 Å². The van der Waals surface area contributed by atoms with E-state index in [-0.39, 0.29) is 10.7 Å². The van der Waals surface area contributed by atoms with Crippen molar-refractivity contribution in [2.24, 2.45) is 0 Å². The smallest absolute Gasteiger partial charge is 0.297 e. The van der Waals surface area contributed by atoms with E-state index in [9.17, 15) is 13.2 Å². The average Bonchev–Trinajstić information content (AvgIpc) is 2.75. The third-order valence-electron chi connectivity index (χ3n) is 2.53. The molecule has 1 N–H and O–H groups in total. The molecule has 0 spiro atoms. The summed E-state index contributed by atoms with van der Waals surface area (Å²) in [6.07, 6.45) is 1.61. The van der Waals surface area contributed by atoms with Gasteiger partial charge in [-0.15, -0.1) is 0 Å². The Morgan fingerprint density at radius 2 is 2.06 bits per heavy atom. The molecule has 2 rings (SSSR count). The topological polar surface area (TPSA) is 76.2 Å². The maximum absolute atomic E-state index is 11.7. The van der Waals surface area contributed by atoms with Crippen molar-refractivity contribution in [3.63, 3.8) is 0 Å². The van der Waals surface area contributed by atoms with Gasteiger partial charge in [-0.2, -0.15) is 8.42 Å². The van der Waals surface area contributed by atoms with Crippen LogP contribution in [0.15, 0.2) is 29.3 Å². The van der Waals surface area contributed by atoms with Crippen molar-refractivity contribution in [3.8, 4) is 0 Å². The van der Waals surface area contributed by atoms with Crippen LogP contribution in [0.5, 0.6) is 0 Å². The molecule has 0 bridgehead atoms. The van der Waals surface area contributed by atoms with Gasteiger partial charge in [0.15, 0.2) is 5.78 Å². The number of carbonyl (C=O) groups excluding carboxylic acids is 1. The van der Waals surface area contributed by atoms with Gasteiger partial charge < -0.3 is 4.98 Å². The Morgan fingerprint density at radius 3 is 2.65 bits per heavy atom. The first-order valence-electron chi connectivity index (χ1n) is 4.88. The molecule has 1 heterocycles. The second-order valence-electron chi connectivity index (χ2n) is 3.59. The average molecular weight is 253 g/mol. The lowest BCUT2D eigenvalue weighted by Gasteiger charge is -2.05. The number of fused-ring (bicyclic) bond motifs is 1. The Hall–Kier alpha value is -1.66. The predicted octanol–water partition coefficient (Wildman–Crippen LogP) is 1.71. The van der Waals surface area contributed by atoms with Crippen LogP contribution in [0, 0.1) is 0 Å². The number of aromatic amines is 1. The van der Waals surface area contributed by atoms with E-state index in [4.69, 9.17) is 0 Å². The summed E-state index contributed by atoms with van der Waals surface area (Å²) in [6.45, 7) is 1.38. The van der Waals surface area contributed by atoms with E-state index in [1.165, 1.54) is 13.0 Å². The number of rotatable bonds is 3. The zero-order chi connectivity index (χ0) is 12.6. The van der Waals surface area contributed by atoms with E-state index < -0.39 is 10.1 Å². The fourth-order valence-electron chi connectivity index (χ4n) is 1.63. The SMILES string of the molecule is COS(=O)(=O)c1cc(C(C)=O)cc2[nH]ccc12. The molecule has 0 fully saturated rings. The molecule has 0 amide bonds. The highest BCUT2D eigenvalue weighted by molar-refractivity contribution is 7.87. The van der Waals surface area contributed by atoms with Crippen LogP contribution in [0.3, 0.4) is 0 Å². The maximum atomic E-state index is 11.7. The van der Waals surface area contributed by atoms with Gasteiger partial charge in [0, 0.05) is 22.7 Å². The summed E-state index contributed by atoms with van der Waals surface area (Å²) in [6, 6.07) is 4.58. The first-order chi connectivity index (χ1) is 7.95. The third kappa shape index (κ3) is 1.96. The molecule has 0 radical (unpaired) electrons. The minimum absolute atomic E-state index is 0.00366. The van der Waals surface area contributed by atoms with Crippen LogP contribution in [0.2, 0.25) is 0 Å². The van der Waals surface area contributed by atoms with Crippen molar-refractivity contribution in [1.82, 2.24) is 4.98 Å². The van der Waals surface area contributed by atoms with Crippen LogP contribution in [-0.2, 0) is 14.3 Å². The highest BCUT2D eigenvalue weighted by Gasteiger charge is 2.19.